The van der Waals surface area contributed by atoms with Crippen LogP contribution >= 0.6 is 0 Å². The molecule has 2 aromatic rings. The molecule has 120 valence electrons. The minimum atomic E-state index is -0.705. The second-order valence-corrected chi connectivity index (χ2v) is 6.36. The third-order valence-electron chi connectivity index (χ3n) is 3.81. The molecule has 2 aromatic carbocycles. The maximum absolute atomic E-state index is 11.4. The Morgan fingerprint density at radius 3 is 2.30 bits per heavy atom. The number of hydrogen-bond acceptors (Lipinski definition) is 1. The lowest BCUT2D eigenvalue weighted by atomic mass is 9.90. The zero-order valence-corrected chi connectivity index (χ0v) is 13.8. The van der Waals surface area contributed by atoms with Crippen LogP contribution in [-0.2, 0) is 11.2 Å². The number of carboxylic acid groups (broad SMARTS) is 1. The summed E-state index contributed by atoms with van der Waals surface area (Å²) < 4.78 is 0. The van der Waals surface area contributed by atoms with Crippen molar-refractivity contribution < 1.29 is 9.90 Å². The summed E-state index contributed by atoms with van der Waals surface area (Å²) in [4.78, 5) is 11.4. The summed E-state index contributed by atoms with van der Waals surface area (Å²) in [5.74, 6) is -0.635. The van der Waals surface area contributed by atoms with Crippen molar-refractivity contribution in [3.63, 3.8) is 0 Å². The Bertz CT molecular complexity index is 657. The van der Waals surface area contributed by atoms with Gasteiger partial charge in [0.25, 0.3) is 0 Å². The molecule has 1 atom stereocenters. The van der Waals surface area contributed by atoms with E-state index in [0.29, 0.717) is 18.8 Å². The summed E-state index contributed by atoms with van der Waals surface area (Å²) in [6.45, 7) is 4.13. The Hall–Kier alpha value is -2.35. The molecule has 0 aliphatic carbocycles. The average Bonchev–Trinajstić information content (AvgIpc) is 2.53. The number of carboxylic acids is 1. The minimum absolute atomic E-state index is 0.316. The van der Waals surface area contributed by atoms with Crippen molar-refractivity contribution in [2.24, 2.45) is 11.8 Å². The van der Waals surface area contributed by atoms with Gasteiger partial charge in [0, 0.05) is 0 Å². The molecule has 2 nitrogen and oxygen atoms in total. The van der Waals surface area contributed by atoms with E-state index in [4.69, 9.17) is 0 Å². The molecule has 2 rings (SSSR count). The summed E-state index contributed by atoms with van der Waals surface area (Å²) in [7, 11) is 0. The highest BCUT2D eigenvalue weighted by atomic mass is 16.4. The molecule has 1 N–H and O–H groups in total. The zero-order chi connectivity index (χ0) is 16.7. The maximum Gasteiger partial charge on any atom is 0.306 e. The molecular formula is C21H24O2. The van der Waals surface area contributed by atoms with Crippen molar-refractivity contribution in [2.45, 2.75) is 26.7 Å². The molecule has 23 heavy (non-hydrogen) atoms. The highest BCUT2D eigenvalue weighted by molar-refractivity contribution is 5.71. The highest BCUT2D eigenvalue weighted by Crippen LogP contribution is 2.19. The van der Waals surface area contributed by atoms with Crippen LogP contribution in [0.15, 0.2) is 54.6 Å². The van der Waals surface area contributed by atoms with Crippen LogP contribution in [0.5, 0.6) is 0 Å². The molecule has 1 unspecified atom stereocenters. The third kappa shape index (κ3) is 5.74. The fraction of sp³-hybridized carbons (Fsp3) is 0.286. The van der Waals surface area contributed by atoms with Crippen molar-refractivity contribution in [1.29, 1.82) is 0 Å². The molecule has 0 spiro atoms. The first-order valence-corrected chi connectivity index (χ1v) is 8.09. The first kappa shape index (κ1) is 17.0. The van der Waals surface area contributed by atoms with Gasteiger partial charge in [-0.2, -0.15) is 0 Å². The Labute approximate surface area is 138 Å². The van der Waals surface area contributed by atoms with E-state index in [1.807, 2.05) is 36.4 Å². The largest absolute Gasteiger partial charge is 0.481 e. The monoisotopic (exact) mass is 308 g/mol. The topological polar surface area (TPSA) is 37.3 Å². The normalized spacial score (nSPS) is 12.7. The van der Waals surface area contributed by atoms with Gasteiger partial charge in [-0.15, -0.1) is 0 Å². The van der Waals surface area contributed by atoms with E-state index < -0.39 is 5.97 Å². The molecular weight excluding hydrogens is 284 g/mol. The van der Waals surface area contributed by atoms with E-state index in [9.17, 15) is 9.90 Å². The Morgan fingerprint density at radius 1 is 1.00 bits per heavy atom. The van der Waals surface area contributed by atoms with Crippen LogP contribution in [0.2, 0.25) is 0 Å². The van der Waals surface area contributed by atoms with E-state index in [0.717, 1.165) is 16.7 Å². The van der Waals surface area contributed by atoms with Crippen LogP contribution in [0.4, 0.5) is 0 Å². The number of carbonyl (C=O) groups is 1. The molecule has 2 heteroatoms. The van der Waals surface area contributed by atoms with Gasteiger partial charge in [-0.3, -0.25) is 4.79 Å². The smallest absolute Gasteiger partial charge is 0.306 e. The van der Waals surface area contributed by atoms with Crippen LogP contribution in [0.1, 0.15) is 37.0 Å². The third-order valence-corrected chi connectivity index (χ3v) is 3.81. The van der Waals surface area contributed by atoms with E-state index in [1.165, 1.54) is 0 Å². The van der Waals surface area contributed by atoms with Crippen molar-refractivity contribution in [1.82, 2.24) is 0 Å². The maximum atomic E-state index is 11.4. The number of hydrogen-bond donors (Lipinski definition) is 1. The first-order chi connectivity index (χ1) is 11.0. The van der Waals surface area contributed by atoms with Gasteiger partial charge < -0.3 is 5.11 Å². The van der Waals surface area contributed by atoms with Crippen LogP contribution in [0, 0.1) is 11.8 Å². The van der Waals surface area contributed by atoms with Crippen LogP contribution in [-0.4, -0.2) is 11.1 Å². The quantitative estimate of drug-likeness (QED) is 0.718. The molecule has 0 amide bonds. The van der Waals surface area contributed by atoms with Crippen molar-refractivity contribution in [3.8, 4) is 0 Å². The SMILES string of the molecule is CC(C)CC(Cc1cccc(/C=C\c2ccccc2)c1)C(=O)O. The lowest BCUT2D eigenvalue weighted by Crippen LogP contribution is -2.18. The summed E-state index contributed by atoms with van der Waals surface area (Å²) in [6, 6.07) is 18.3. The number of rotatable bonds is 7. The van der Waals surface area contributed by atoms with E-state index in [1.54, 1.807) is 0 Å². The second kappa shape index (κ2) is 8.33. The predicted octanol–water partition coefficient (Wildman–Crippen LogP) is 5.15. The van der Waals surface area contributed by atoms with Crippen LogP contribution < -0.4 is 0 Å². The van der Waals surface area contributed by atoms with Crippen LogP contribution in [0.3, 0.4) is 0 Å². The summed E-state index contributed by atoms with van der Waals surface area (Å²) in [5, 5.41) is 9.39. The Morgan fingerprint density at radius 2 is 1.65 bits per heavy atom. The van der Waals surface area contributed by atoms with Gasteiger partial charge in [0.2, 0.25) is 0 Å². The summed E-state index contributed by atoms with van der Waals surface area (Å²) >= 11 is 0. The fourth-order valence-electron chi connectivity index (χ4n) is 2.71. The van der Waals surface area contributed by atoms with E-state index in [2.05, 4.69) is 44.2 Å². The van der Waals surface area contributed by atoms with E-state index in [-0.39, 0.29) is 5.92 Å². The number of aliphatic carboxylic acids is 1. The van der Waals surface area contributed by atoms with Crippen LogP contribution in [0.25, 0.3) is 12.2 Å². The van der Waals surface area contributed by atoms with Crippen molar-refractivity contribution >= 4 is 18.1 Å². The molecule has 0 saturated heterocycles. The average molecular weight is 308 g/mol. The van der Waals surface area contributed by atoms with Gasteiger partial charge >= 0.3 is 5.97 Å². The van der Waals surface area contributed by atoms with Gasteiger partial charge in [0.05, 0.1) is 5.92 Å². The standard InChI is InChI=1S/C21H24O2/c1-16(2)13-20(21(22)23)15-19-10-6-9-18(14-19)12-11-17-7-4-3-5-8-17/h3-12,14,16,20H,13,15H2,1-2H3,(H,22,23)/b12-11-. The zero-order valence-electron chi connectivity index (χ0n) is 13.8. The van der Waals surface area contributed by atoms with Gasteiger partial charge in [-0.1, -0.05) is 80.6 Å². The molecule has 0 radical (unpaired) electrons. The van der Waals surface area contributed by atoms with Crippen molar-refractivity contribution in [2.75, 3.05) is 0 Å². The Balaban J connectivity index is 2.10. The van der Waals surface area contributed by atoms with Gasteiger partial charge in [0.1, 0.15) is 0 Å². The Kier molecular flexibility index (Phi) is 6.16. The minimum Gasteiger partial charge on any atom is -0.481 e. The molecule has 0 aliphatic heterocycles. The second-order valence-electron chi connectivity index (χ2n) is 6.36. The molecule has 0 bridgehead atoms. The summed E-state index contributed by atoms with van der Waals surface area (Å²) in [5.41, 5.74) is 3.33. The van der Waals surface area contributed by atoms with Gasteiger partial charge in [-0.05, 0) is 35.4 Å². The molecule has 0 heterocycles. The van der Waals surface area contributed by atoms with Gasteiger partial charge in [0.15, 0.2) is 0 Å². The molecule has 0 aromatic heterocycles. The van der Waals surface area contributed by atoms with E-state index >= 15 is 0 Å². The van der Waals surface area contributed by atoms with Gasteiger partial charge in [-0.25, -0.2) is 0 Å². The lowest BCUT2D eigenvalue weighted by Gasteiger charge is -2.15. The lowest BCUT2D eigenvalue weighted by molar-refractivity contribution is -0.142. The predicted molar refractivity (Wildman–Crippen MR) is 96.1 cm³/mol. The fourth-order valence-corrected chi connectivity index (χ4v) is 2.71. The molecule has 0 saturated carbocycles. The summed E-state index contributed by atoms with van der Waals surface area (Å²) in [6.07, 6.45) is 5.43. The highest BCUT2D eigenvalue weighted by Gasteiger charge is 2.19. The van der Waals surface area contributed by atoms with Crippen molar-refractivity contribution in [3.05, 3.63) is 71.3 Å². The first-order valence-electron chi connectivity index (χ1n) is 8.09. The molecule has 0 fully saturated rings. The number of benzene rings is 2. The molecule has 0 aliphatic rings.